The zero-order valence-electron chi connectivity index (χ0n) is 7.67. The summed E-state index contributed by atoms with van der Waals surface area (Å²) in [5, 5.41) is 8.63. The van der Waals surface area contributed by atoms with Gasteiger partial charge in [-0.3, -0.25) is 0 Å². The van der Waals surface area contributed by atoms with Crippen molar-refractivity contribution in [3.63, 3.8) is 0 Å². The normalized spacial score (nSPS) is 13.4. The molecule has 0 radical (unpaired) electrons. The van der Waals surface area contributed by atoms with Gasteiger partial charge in [0.25, 0.3) is 0 Å². The highest BCUT2D eigenvalue weighted by Gasteiger charge is 2.12. The number of hydrogen-bond acceptors (Lipinski definition) is 1. The zero-order valence-corrected chi connectivity index (χ0v) is 7.67. The monoisotopic (exact) mass is 169 g/mol. The van der Waals surface area contributed by atoms with Gasteiger partial charge in [-0.2, -0.15) is 5.26 Å². The van der Waals surface area contributed by atoms with Crippen molar-refractivity contribution in [2.45, 2.75) is 19.8 Å². The highest BCUT2D eigenvalue weighted by molar-refractivity contribution is 5.74. The maximum absolute atomic E-state index is 8.63. The summed E-state index contributed by atoms with van der Waals surface area (Å²) in [6, 6.07) is 8.66. The number of nitrogens with zero attached hydrogens (tertiary/aromatic N) is 1. The van der Waals surface area contributed by atoms with Crippen molar-refractivity contribution in [1.29, 1.82) is 5.26 Å². The molecule has 1 aromatic rings. The van der Waals surface area contributed by atoms with Crippen LogP contribution in [0.25, 0.3) is 5.57 Å². The molecule has 0 atom stereocenters. The number of benzene rings is 1. The smallest absolute Gasteiger partial charge is 0.0669 e. The lowest BCUT2D eigenvalue weighted by molar-refractivity contribution is 1.29. The first kappa shape index (κ1) is 8.07. The van der Waals surface area contributed by atoms with Crippen molar-refractivity contribution in [2.75, 3.05) is 0 Å². The first-order valence-corrected chi connectivity index (χ1v) is 4.47. The molecule has 1 nitrogen and oxygen atoms in total. The quantitative estimate of drug-likeness (QED) is 0.634. The molecule has 0 spiro atoms. The van der Waals surface area contributed by atoms with Crippen LogP contribution < -0.4 is 0 Å². The van der Waals surface area contributed by atoms with Gasteiger partial charge >= 0.3 is 0 Å². The van der Waals surface area contributed by atoms with Gasteiger partial charge in [0, 0.05) is 0 Å². The Balaban J connectivity index is 2.43. The Hall–Kier alpha value is -1.55. The molecule has 0 amide bonds. The van der Waals surface area contributed by atoms with Gasteiger partial charge in [-0.05, 0) is 30.0 Å². The van der Waals surface area contributed by atoms with Gasteiger partial charge in [0.05, 0.1) is 12.5 Å². The van der Waals surface area contributed by atoms with Crippen LogP contribution in [-0.2, 0) is 6.42 Å². The summed E-state index contributed by atoms with van der Waals surface area (Å²) in [7, 11) is 0. The van der Waals surface area contributed by atoms with Crippen LogP contribution in [0.5, 0.6) is 0 Å². The van der Waals surface area contributed by atoms with Crippen LogP contribution in [-0.4, -0.2) is 0 Å². The molecular formula is C12H11N. The van der Waals surface area contributed by atoms with Crippen molar-refractivity contribution >= 4 is 5.57 Å². The van der Waals surface area contributed by atoms with E-state index < -0.39 is 0 Å². The molecule has 2 rings (SSSR count). The molecule has 0 aliphatic heterocycles. The molecule has 1 aliphatic rings. The first-order valence-electron chi connectivity index (χ1n) is 4.47. The van der Waals surface area contributed by atoms with Crippen molar-refractivity contribution in [1.82, 2.24) is 0 Å². The molecule has 0 aromatic heterocycles. The molecule has 1 aromatic carbocycles. The lowest BCUT2D eigenvalue weighted by Gasteiger charge is -2.03. The second-order valence-corrected chi connectivity index (χ2v) is 3.43. The van der Waals surface area contributed by atoms with Gasteiger partial charge < -0.3 is 0 Å². The molecule has 0 saturated heterocycles. The van der Waals surface area contributed by atoms with Gasteiger partial charge in [-0.25, -0.2) is 0 Å². The van der Waals surface area contributed by atoms with E-state index >= 15 is 0 Å². The number of hydrogen-bond donors (Lipinski definition) is 0. The summed E-state index contributed by atoms with van der Waals surface area (Å²) in [6.45, 7) is 2.09. The molecule has 0 heterocycles. The molecule has 1 aliphatic carbocycles. The third-order valence-corrected chi connectivity index (χ3v) is 2.45. The van der Waals surface area contributed by atoms with Crippen LogP contribution in [0, 0.1) is 18.3 Å². The summed E-state index contributed by atoms with van der Waals surface area (Å²) in [5.74, 6) is 0. The second kappa shape index (κ2) is 3.06. The lowest BCUT2D eigenvalue weighted by Crippen LogP contribution is -1.85. The Morgan fingerprint density at radius 2 is 2.31 bits per heavy atom. The van der Waals surface area contributed by atoms with Gasteiger partial charge in [-0.1, -0.05) is 29.8 Å². The van der Waals surface area contributed by atoms with Gasteiger partial charge in [0.15, 0.2) is 0 Å². The lowest BCUT2D eigenvalue weighted by atomic mass is 10.0. The summed E-state index contributed by atoms with van der Waals surface area (Å²) in [5.41, 5.74) is 5.10. The van der Waals surface area contributed by atoms with Crippen LogP contribution in [0.2, 0.25) is 0 Å². The van der Waals surface area contributed by atoms with E-state index in [0.29, 0.717) is 6.42 Å². The fourth-order valence-corrected chi connectivity index (χ4v) is 1.76. The van der Waals surface area contributed by atoms with Crippen molar-refractivity contribution < 1.29 is 0 Å². The number of allylic oxidation sites excluding steroid dienone is 2. The predicted octanol–water partition coefficient (Wildman–Crippen LogP) is 2.85. The average Bonchev–Trinajstić information content (AvgIpc) is 2.49. The number of nitriles is 1. The maximum atomic E-state index is 8.63. The van der Waals surface area contributed by atoms with Crippen molar-refractivity contribution in [3.05, 3.63) is 41.0 Å². The zero-order chi connectivity index (χ0) is 9.26. The van der Waals surface area contributed by atoms with Gasteiger partial charge in [-0.15, -0.1) is 0 Å². The van der Waals surface area contributed by atoms with Crippen LogP contribution in [0.3, 0.4) is 0 Å². The van der Waals surface area contributed by atoms with Crippen LogP contribution >= 0.6 is 0 Å². The Bertz CT molecular complexity index is 408. The standard InChI is InChI=1S/C12H11N/c1-9-2-3-10-4-5-11(6-7-13)12(10)8-9/h2-3,5,8H,4,6H2,1H3. The molecule has 1 heteroatoms. The topological polar surface area (TPSA) is 23.8 Å². The first-order chi connectivity index (χ1) is 6.31. The fourth-order valence-electron chi connectivity index (χ4n) is 1.76. The number of rotatable bonds is 1. The van der Waals surface area contributed by atoms with Gasteiger partial charge in [0.1, 0.15) is 0 Å². The second-order valence-electron chi connectivity index (χ2n) is 3.43. The number of aryl methyl sites for hydroxylation is 1. The van der Waals surface area contributed by atoms with E-state index in [2.05, 4.69) is 37.3 Å². The van der Waals surface area contributed by atoms with Crippen LogP contribution in [0.4, 0.5) is 0 Å². The number of fused-ring (bicyclic) bond motifs is 1. The van der Waals surface area contributed by atoms with Crippen molar-refractivity contribution in [2.24, 2.45) is 0 Å². The summed E-state index contributed by atoms with van der Waals surface area (Å²) >= 11 is 0. The molecule has 13 heavy (non-hydrogen) atoms. The molecule has 0 saturated carbocycles. The van der Waals surface area contributed by atoms with Gasteiger partial charge in [0.2, 0.25) is 0 Å². The fraction of sp³-hybridized carbons (Fsp3) is 0.250. The minimum absolute atomic E-state index is 0.538. The molecule has 0 fully saturated rings. The van der Waals surface area contributed by atoms with E-state index in [0.717, 1.165) is 6.42 Å². The van der Waals surface area contributed by atoms with Crippen LogP contribution in [0.1, 0.15) is 23.1 Å². The molecular weight excluding hydrogens is 158 g/mol. The highest BCUT2D eigenvalue weighted by Crippen LogP contribution is 2.29. The Labute approximate surface area is 78.3 Å². The molecule has 64 valence electrons. The maximum Gasteiger partial charge on any atom is 0.0669 e. The molecule has 0 unspecified atom stereocenters. The third kappa shape index (κ3) is 1.36. The highest BCUT2D eigenvalue weighted by atomic mass is 14.2. The molecule has 0 N–H and O–H groups in total. The third-order valence-electron chi connectivity index (χ3n) is 2.45. The SMILES string of the molecule is Cc1ccc2c(c1)C(CC#N)=CC2. The predicted molar refractivity (Wildman–Crippen MR) is 53.1 cm³/mol. The minimum Gasteiger partial charge on any atom is -0.198 e. The van der Waals surface area contributed by atoms with Crippen LogP contribution in [0.15, 0.2) is 24.3 Å². The Morgan fingerprint density at radius 3 is 3.08 bits per heavy atom. The van der Waals surface area contributed by atoms with E-state index in [4.69, 9.17) is 5.26 Å². The van der Waals surface area contributed by atoms with E-state index in [1.54, 1.807) is 0 Å². The molecule has 0 bridgehead atoms. The summed E-state index contributed by atoms with van der Waals surface area (Å²) in [6.07, 6.45) is 3.69. The van der Waals surface area contributed by atoms with E-state index in [1.165, 1.54) is 22.3 Å². The summed E-state index contributed by atoms with van der Waals surface area (Å²) in [4.78, 5) is 0. The van der Waals surface area contributed by atoms with E-state index in [1.807, 2.05) is 0 Å². The minimum atomic E-state index is 0.538. The van der Waals surface area contributed by atoms with Crippen molar-refractivity contribution in [3.8, 4) is 6.07 Å². The Kier molecular flexibility index (Phi) is 1.90. The van der Waals surface area contributed by atoms with E-state index in [-0.39, 0.29) is 0 Å². The Morgan fingerprint density at radius 1 is 1.46 bits per heavy atom. The van der Waals surface area contributed by atoms with E-state index in [9.17, 15) is 0 Å². The largest absolute Gasteiger partial charge is 0.198 e. The summed E-state index contributed by atoms with van der Waals surface area (Å²) < 4.78 is 0. The average molecular weight is 169 g/mol.